The summed E-state index contributed by atoms with van der Waals surface area (Å²) in [5, 5.41) is 0. The second kappa shape index (κ2) is 55.0. The number of esters is 4. The zero-order chi connectivity index (χ0) is 60.0. The molecule has 2 aliphatic rings. The van der Waals surface area contributed by atoms with Crippen LogP contribution in [0.2, 0.25) is 0 Å². The van der Waals surface area contributed by atoms with Crippen molar-refractivity contribution in [2.45, 2.75) is 311 Å². The molecule has 0 N–H and O–H groups in total. The molecule has 1 aliphatic heterocycles. The number of carbonyl (C=O) groups excluding carboxylic acids is 6. The Hall–Kier alpha value is -4.18. The minimum Gasteiger partial charge on any atom is -0.490 e. The molecule has 2 fully saturated rings. The Bertz CT molecular complexity index is 1650. The smallest absolute Gasteiger partial charge is 0.306 e. The van der Waals surface area contributed by atoms with Crippen molar-refractivity contribution >= 4 is 35.6 Å². The van der Waals surface area contributed by atoms with E-state index in [-0.39, 0.29) is 61.7 Å². The average molecular weight is 1140 g/mol. The Kier molecular flexibility index (Phi) is 52.2. The van der Waals surface area contributed by atoms with E-state index in [0.717, 1.165) is 76.5 Å². The van der Waals surface area contributed by atoms with E-state index in [4.69, 9.17) is 23.7 Å². The number of likely N-dealkylation sites (tertiary alicyclic amines) is 1. The molecule has 0 aromatic rings. The summed E-state index contributed by atoms with van der Waals surface area (Å²) in [5.41, 5.74) is 2.84. The first kappa shape index (κ1) is 76.8. The highest BCUT2D eigenvalue weighted by atomic mass is 16.6. The van der Waals surface area contributed by atoms with Crippen LogP contribution in [0.25, 0.3) is 0 Å². The quantitative estimate of drug-likeness (QED) is 0.0143. The number of carbonyl (C=O) groups is 6. The van der Waals surface area contributed by atoms with Gasteiger partial charge in [-0.25, -0.2) is 0 Å². The fraction of sp³-hybridized carbons (Fsp3) is 0.812. The maximum atomic E-state index is 12.8. The first-order chi connectivity index (χ1) is 39.3. The number of rotatable bonds is 46. The molecule has 1 unspecified atom stereocenters. The average Bonchev–Trinajstić information content (AvgIpc) is 3.91. The predicted molar refractivity (Wildman–Crippen MR) is 331 cm³/mol. The number of hydrogen-bond acceptors (Lipinski definition) is 11. The van der Waals surface area contributed by atoms with Gasteiger partial charge in [-0.15, -0.1) is 0 Å². The van der Waals surface area contributed by atoms with Gasteiger partial charge in [0.15, 0.2) is 5.78 Å². The molecule has 0 radical (unpaired) electrons. The lowest BCUT2D eigenvalue weighted by molar-refractivity contribution is -0.153. The Labute approximate surface area is 495 Å². The molecule has 12 heteroatoms. The Morgan fingerprint density at radius 2 is 0.852 bits per heavy atom. The van der Waals surface area contributed by atoms with Gasteiger partial charge in [0.05, 0.1) is 33.0 Å². The Morgan fingerprint density at radius 3 is 1.23 bits per heavy atom. The lowest BCUT2D eigenvalue weighted by atomic mass is 9.90. The van der Waals surface area contributed by atoms with E-state index < -0.39 is 29.9 Å². The Balaban J connectivity index is 0.00000137. The molecule has 1 heterocycles. The summed E-state index contributed by atoms with van der Waals surface area (Å²) < 4.78 is 27.7. The van der Waals surface area contributed by atoms with Crippen LogP contribution in [0.3, 0.4) is 0 Å². The summed E-state index contributed by atoms with van der Waals surface area (Å²) >= 11 is 0. The van der Waals surface area contributed by atoms with E-state index in [1.807, 2.05) is 6.92 Å². The molecule has 0 bridgehead atoms. The molecule has 0 spiro atoms. The van der Waals surface area contributed by atoms with E-state index in [2.05, 4.69) is 60.1 Å². The van der Waals surface area contributed by atoms with Crippen molar-refractivity contribution in [1.82, 2.24) is 4.90 Å². The number of allylic oxidation sites excluding steroid dienone is 2. The summed E-state index contributed by atoms with van der Waals surface area (Å²) in [7, 11) is 0. The largest absolute Gasteiger partial charge is 0.490 e. The van der Waals surface area contributed by atoms with Crippen LogP contribution in [0.1, 0.15) is 298 Å². The number of hydrogen-bond donors (Lipinski definition) is 0. The van der Waals surface area contributed by atoms with Gasteiger partial charge in [0.2, 0.25) is 5.91 Å². The monoisotopic (exact) mass is 1140 g/mol. The summed E-state index contributed by atoms with van der Waals surface area (Å²) in [4.78, 5) is 75.9. The highest BCUT2D eigenvalue weighted by Crippen LogP contribution is 2.27. The number of ether oxygens (including phenoxy) is 5. The van der Waals surface area contributed by atoms with Gasteiger partial charge in [0, 0.05) is 51.0 Å². The summed E-state index contributed by atoms with van der Waals surface area (Å²) in [5.74, 6) is -0.862. The normalized spacial score (nSPS) is 15.5. The SMILES string of the molecule is C=C=C(CC(CC(=O)C=C)CC(=O)OCCCCCCCC)OCCCCCCCC.C=CC(=O)N1C[C@H](OC(=O)CC(CC(=O)OCCCCCCCC)CC(=O)OCCCCCCCC)C[C@H]1CC.CCC1CCCCCCC1. The molecular formula is C69H121NO11. The predicted octanol–water partition coefficient (Wildman–Crippen LogP) is 17.9. The van der Waals surface area contributed by atoms with Gasteiger partial charge in [0.25, 0.3) is 0 Å². The molecule has 1 saturated heterocycles. The highest BCUT2D eigenvalue weighted by Gasteiger charge is 2.36. The fourth-order valence-corrected chi connectivity index (χ4v) is 10.6. The van der Waals surface area contributed by atoms with Crippen molar-refractivity contribution in [3.63, 3.8) is 0 Å². The van der Waals surface area contributed by atoms with Crippen LogP contribution in [0.5, 0.6) is 0 Å². The number of nitrogens with zero attached hydrogens (tertiary/aromatic N) is 1. The molecule has 1 saturated carbocycles. The molecule has 3 atom stereocenters. The van der Waals surface area contributed by atoms with Crippen molar-refractivity contribution in [3.05, 3.63) is 43.4 Å². The van der Waals surface area contributed by atoms with Crippen LogP contribution in [0.4, 0.5) is 0 Å². The van der Waals surface area contributed by atoms with Crippen LogP contribution in [-0.4, -0.2) is 85.6 Å². The second-order valence-electron chi connectivity index (χ2n) is 23.0. The maximum Gasteiger partial charge on any atom is 0.306 e. The minimum absolute atomic E-state index is 0.00648. The van der Waals surface area contributed by atoms with Crippen molar-refractivity contribution in [1.29, 1.82) is 0 Å². The van der Waals surface area contributed by atoms with Crippen molar-refractivity contribution in [3.8, 4) is 0 Å². The third kappa shape index (κ3) is 45.0. The number of unbranched alkanes of at least 4 members (excludes halogenated alkanes) is 20. The van der Waals surface area contributed by atoms with Crippen molar-refractivity contribution in [2.24, 2.45) is 17.8 Å². The first-order valence-electron chi connectivity index (χ1n) is 33.1. The number of ketones is 1. The molecule has 0 aromatic heterocycles. The molecule has 0 aromatic carbocycles. The molecular weight excluding hydrogens is 1020 g/mol. The van der Waals surface area contributed by atoms with Crippen LogP contribution < -0.4 is 0 Å². The highest BCUT2D eigenvalue weighted by molar-refractivity contribution is 5.89. The first-order valence-corrected chi connectivity index (χ1v) is 33.1. The standard InChI is InChI=1S/C32H55NO7.C27H46O4.C10H20/c1-5-9-11-13-15-17-19-38-30(35)21-26(22-31(36)39-20-18-16-14-12-10-6-2)23-32(37)40-28-24-27(7-3)33(25-28)29(34)8-4;1-5-9-11-13-15-17-19-30-26(8-4)22-24(21-25(28)7-3)23-27(29)31-20-18-16-14-12-10-6-2;1-2-10-8-6-4-3-5-7-9-10/h8,26-28H,4-7,9-25H2,1-3H3;7,24H,3-6,9-23H2,1-2H3;10H,2-9H2,1H3/t27-,28-;;/m1../s1. The maximum absolute atomic E-state index is 12.8. The summed E-state index contributed by atoms with van der Waals surface area (Å²) in [6.07, 6.45) is 43.3. The lowest BCUT2D eigenvalue weighted by Crippen LogP contribution is -2.34. The van der Waals surface area contributed by atoms with Crippen LogP contribution in [0.15, 0.2) is 43.4 Å². The molecule has 468 valence electrons. The molecule has 12 nitrogen and oxygen atoms in total. The zero-order valence-corrected chi connectivity index (χ0v) is 52.9. The minimum atomic E-state index is -0.559. The van der Waals surface area contributed by atoms with Crippen molar-refractivity contribution < 1.29 is 52.5 Å². The topological polar surface area (TPSA) is 152 Å². The van der Waals surface area contributed by atoms with Gasteiger partial charge in [0.1, 0.15) is 11.9 Å². The van der Waals surface area contributed by atoms with Crippen molar-refractivity contribution in [2.75, 3.05) is 33.0 Å². The summed E-state index contributed by atoms with van der Waals surface area (Å²) in [6, 6.07) is -0.00648. The van der Waals surface area contributed by atoms with Gasteiger partial charge >= 0.3 is 23.9 Å². The van der Waals surface area contributed by atoms with Crippen LogP contribution in [-0.2, 0) is 52.5 Å². The Morgan fingerprint density at radius 1 is 0.469 bits per heavy atom. The van der Waals surface area contributed by atoms with Gasteiger partial charge in [-0.05, 0) is 62.0 Å². The van der Waals surface area contributed by atoms with Crippen LogP contribution in [0, 0.1) is 17.8 Å². The van der Waals surface area contributed by atoms with Gasteiger partial charge in [-0.1, -0.05) is 247 Å². The van der Waals surface area contributed by atoms with E-state index in [1.54, 1.807) is 4.90 Å². The molecule has 81 heavy (non-hydrogen) atoms. The molecule has 2 rings (SSSR count). The zero-order valence-electron chi connectivity index (χ0n) is 52.9. The number of amides is 1. The fourth-order valence-electron chi connectivity index (χ4n) is 10.6. The lowest BCUT2D eigenvalue weighted by Gasteiger charge is -2.21. The molecule has 1 amide bonds. The van der Waals surface area contributed by atoms with Gasteiger partial charge in [-0.2, -0.15) is 0 Å². The van der Waals surface area contributed by atoms with E-state index in [9.17, 15) is 28.8 Å². The van der Waals surface area contributed by atoms with E-state index in [0.29, 0.717) is 51.6 Å². The second-order valence-corrected chi connectivity index (χ2v) is 23.0. The third-order valence-corrected chi connectivity index (χ3v) is 15.7. The van der Waals surface area contributed by atoms with Gasteiger partial charge in [-0.3, -0.25) is 28.8 Å². The molecule has 1 aliphatic carbocycles. The van der Waals surface area contributed by atoms with E-state index >= 15 is 0 Å². The van der Waals surface area contributed by atoms with E-state index in [1.165, 1.54) is 153 Å². The van der Waals surface area contributed by atoms with Gasteiger partial charge < -0.3 is 28.6 Å². The third-order valence-electron chi connectivity index (χ3n) is 15.7. The van der Waals surface area contributed by atoms with Crippen LogP contribution >= 0.6 is 0 Å². The summed E-state index contributed by atoms with van der Waals surface area (Å²) in [6.45, 7) is 26.0.